The third-order valence-electron chi connectivity index (χ3n) is 5.81. The predicted octanol–water partition coefficient (Wildman–Crippen LogP) is 2.23. The zero-order chi connectivity index (χ0) is 24.3. The molecule has 0 aliphatic carbocycles. The molecule has 0 bridgehead atoms. The first-order chi connectivity index (χ1) is 16.1. The molecule has 3 aromatic rings. The molecule has 34 heavy (non-hydrogen) atoms. The Hall–Kier alpha value is -2.28. The van der Waals surface area contributed by atoms with E-state index in [1.54, 1.807) is 24.3 Å². The van der Waals surface area contributed by atoms with Crippen LogP contribution in [0.2, 0.25) is 5.02 Å². The molecule has 0 amide bonds. The molecule has 0 spiro atoms. The second kappa shape index (κ2) is 8.43. The number of aliphatic hydroxyl groups is 2. The summed E-state index contributed by atoms with van der Waals surface area (Å²) < 4.78 is 36.7. The average molecular weight is 513 g/mol. The number of hydrogen-bond acceptors (Lipinski definition) is 10. The van der Waals surface area contributed by atoms with Crippen LogP contribution in [-0.2, 0) is 22.9 Å². The van der Waals surface area contributed by atoms with Crippen molar-refractivity contribution < 1.29 is 33.1 Å². The number of nitrogens with two attached hydrogens (primary N) is 1. The summed E-state index contributed by atoms with van der Waals surface area (Å²) in [6.45, 7) is 1.37. The first kappa shape index (κ1) is 23.5. The van der Waals surface area contributed by atoms with Gasteiger partial charge in [-0.05, 0) is 30.7 Å². The summed E-state index contributed by atoms with van der Waals surface area (Å²) in [6.07, 6.45) is -3.27. The van der Waals surface area contributed by atoms with E-state index in [9.17, 15) is 19.6 Å². The highest BCUT2D eigenvalue weighted by molar-refractivity contribution is 7.48. The molecule has 2 fully saturated rings. The third-order valence-corrected chi connectivity index (χ3v) is 7.52. The molecule has 5 rings (SSSR count). The van der Waals surface area contributed by atoms with Gasteiger partial charge in [0.15, 0.2) is 11.9 Å². The Morgan fingerprint density at radius 2 is 2.21 bits per heavy atom. The SMILES string of the molecule is C[C@@]1(O)[C@H](O)C(OP2(=O)OCC[C@H](c3cccc(Cl)c3)O2)O[C@H]1n1ccc2c(=O)[nH]c(N)nc21. The minimum atomic E-state index is -4.20. The van der Waals surface area contributed by atoms with Crippen LogP contribution in [0.3, 0.4) is 0 Å². The van der Waals surface area contributed by atoms with Crippen LogP contribution in [0.1, 0.15) is 31.2 Å². The Morgan fingerprint density at radius 3 is 2.97 bits per heavy atom. The fraction of sp³-hybridized carbons (Fsp3) is 0.400. The first-order valence-corrected chi connectivity index (χ1v) is 12.2. The second-order valence-electron chi connectivity index (χ2n) is 8.26. The normalized spacial score (nSPS) is 34.0. The molecule has 14 heteroatoms. The maximum absolute atomic E-state index is 13.3. The summed E-state index contributed by atoms with van der Waals surface area (Å²) in [7, 11) is -4.20. The van der Waals surface area contributed by atoms with Gasteiger partial charge in [0, 0.05) is 17.6 Å². The van der Waals surface area contributed by atoms with E-state index in [1.165, 1.54) is 23.8 Å². The molecule has 2 aliphatic heterocycles. The van der Waals surface area contributed by atoms with Gasteiger partial charge in [0.1, 0.15) is 11.7 Å². The number of aromatic amines is 1. The maximum atomic E-state index is 13.3. The smallest absolute Gasteiger partial charge is 0.385 e. The quantitative estimate of drug-likeness (QED) is 0.380. The molecule has 12 nitrogen and oxygen atoms in total. The Balaban J connectivity index is 1.40. The van der Waals surface area contributed by atoms with Gasteiger partial charge in [0.05, 0.1) is 18.1 Å². The van der Waals surface area contributed by atoms with Crippen molar-refractivity contribution in [3.05, 3.63) is 57.5 Å². The minimum absolute atomic E-state index is 0.0608. The molecule has 2 saturated heterocycles. The summed E-state index contributed by atoms with van der Waals surface area (Å²) in [5.74, 6) is -0.135. The number of ether oxygens (including phenoxy) is 1. The third kappa shape index (κ3) is 4.06. The number of halogens is 1. The van der Waals surface area contributed by atoms with Crippen molar-refractivity contribution in [3.63, 3.8) is 0 Å². The van der Waals surface area contributed by atoms with Crippen LogP contribution in [0.15, 0.2) is 41.3 Å². The highest BCUT2D eigenvalue weighted by Crippen LogP contribution is 2.59. The Kier molecular flexibility index (Phi) is 5.82. The van der Waals surface area contributed by atoms with Gasteiger partial charge in [0.2, 0.25) is 12.2 Å². The van der Waals surface area contributed by atoms with Crippen molar-refractivity contribution in [2.45, 2.75) is 43.7 Å². The topological polar surface area (TPSA) is 171 Å². The molecule has 1 aromatic carbocycles. The van der Waals surface area contributed by atoms with Crippen molar-refractivity contribution in [2.24, 2.45) is 0 Å². The molecule has 182 valence electrons. The molecular weight excluding hydrogens is 491 g/mol. The molecule has 5 N–H and O–H groups in total. The van der Waals surface area contributed by atoms with E-state index in [2.05, 4.69) is 9.97 Å². The highest BCUT2D eigenvalue weighted by atomic mass is 35.5. The van der Waals surface area contributed by atoms with Crippen molar-refractivity contribution in [3.8, 4) is 0 Å². The van der Waals surface area contributed by atoms with Crippen LogP contribution in [0.5, 0.6) is 0 Å². The number of anilines is 1. The Bertz CT molecular complexity index is 1340. The maximum Gasteiger partial charge on any atom is 0.477 e. The number of aromatic nitrogens is 3. The lowest BCUT2D eigenvalue weighted by molar-refractivity contribution is -0.145. The number of aliphatic hydroxyl groups excluding tert-OH is 1. The monoisotopic (exact) mass is 512 g/mol. The fourth-order valence-electron chi connectivity index (χ4n) is 4.07. The number of fused-ring (bicyclic) bond motifs is 1. The van der Waals surface area contributed by atoms with E-state index in [-0.39, 0.29) is 23.6 Å². The molecule has 2 aliphatic rings. The zero-order valence-electron chi connectivity index (χ0n) is 17.8. The second-order valence-corrected chi connectivity index (χ2v) is 10.3. The van der Waals surface area contributed by atoms with Crippen LogP contribution >= 0.6 is 19.4 Å². The summed E-state index contributed by atoms with van der Waals surface area (Å²) in [5.41, 5.74) is 4.04. The summed E-state index contributed by atoms with van der Waals surface area (Å²) in [6, 6.07) is 8.35. The molecule has 2 aromatic heterocycles. The summed E-state index contributed by atoms with van der Waals surface area (Å²) in [5, 5.41) is 22.5. The molecule has 0 saturated carbocycles. The molecule has 6 atom stereocenters. The van der Waals surface area contributed by atoms with Gasteiger partial charge in [0.25, 0.3) is 5.56 Å². The lowest BCUT2D eigenvalue weighted by Gasteiger charge is -2.31. The predicted molar refractivity (Wildman–Crippen MR) is 120 cm³/mol. The van der Waals surface area contributed by atoms with Crippen molar-refractivity contribution in [2.75, 3.05) is 12.3 Å². The van der Waals surface area contributed by atoms with E-state index in [4.69, 9.17) is 35.6 Å². The van der Waals surface area contributed by atoms with Crippen molar-refractivity contribution in [1.29, 1.82) is 0 Å². The fourth-order valence-corrected chi connectivity index (χ4v) is 5.72. The number of nitrogen functional groups attached to an aromatic ring is 1. The largest absolute Gasteiger partial charge is 0.477 e. The molecule has 4 heterocycles. The number of phosphoric ester groups is 1. The Morgan fingerprint density at radius 1 is 1.41 bits per heavy atom. The van der Waals surface area contributed by atoms with E-state index >= 15 is 0 Å². The van der Waals surface area contributed by atoms with Gasteiger partial charge >= 0.3 is 7.82 Å². The van der Waals surface area contributed by atoms with Crippen molar-refractivity contribution in [1.82, 2.24) is 14.5 Å². The van der Waals surface area contributed by atoms with E-state index in [0.29, 0.717) is 17.0 Å². The van der Waals surface area contributed by atoms with Crippen LogP contribution in [0.25, 0.3) is 11.0 Å². The van der Waals surface area contributed by atoms with Gasteiger partial charge < -0.3 is 25.3 Å². The number of benzene rings is 1. The standard InChI is InChI=1S/C20H22ClN4O8P/c1-20(28)14(26)17(31-18(20)25-7-5-12-15(25)23-19(22)24-16(12)27)33-34(29)30-8-6-13(32-34)10-3-2-4-11(21)9-10/h2-5,7,9,13-14,17-18,26,28H,6,8H2,1H3,(H3,22,23,24,27)/t13-,14-,17?,18-,20-,34?/m1/s1. The number of nitrogens with zero attached hydrogens (tertiary/aromatic N) is 2. The molecule has 2 unspecified atom stereocenters. The van der Waals surface area contributed by atoms with Gasteiger partial charge in [-0.1, -0.05) is 23.7 Å². The first-order valence-electron chi connectivity index (χ1n) is 10.4. The Labute approximate surface area is 197 Å². The molecular formula is C20H22ClN4O8P. The van der Waals surface area contributed by atoms with Crippen molar-refractivity contribution >= 4 is 36.4 Å². The number of phosphoric acid groups is 1. The van der Waals surface area contributed by atoms with Gasteiger partial charge in [-0.3, -0.25) is 23.3 Å². The number of nitrogens with one attached hydrogen (secondary N) is 1. The van der Waals surface area contributed by atoms with E-state index in [1.807, 2.05) is 0 Å². The van der Waals surface area contributed by atoms with Gasteiger partial charge in [-0.2, -0.15) is 4.98 Å². The van der Waals surface area contributed by atoms with Crippen LogP contribution in [0, 0.1) is 0 Å². The zero-order valence-corrected chi connectivity index (χ0v) is 19.5. The van der Waals surface area contributed by atoms with Crippen LogP contribution < -0.4 is 11.3 Å². The lowest BCUT2D eigenvalue weighted by Crippen LogP contribution is -2.44. The lowest BCUT2D eigenvalue weighted by atomic mass is 9.99. The molecule has 0 radical (unpaired) electrons. The average Bonchev–Trinajstić information content (AvgIpc) is 3.27. The van der Waals surface area contributed by atoms with E-state index < -0.39 is 43.7 Å². The minimum Gasteiger partial charge on any atom is -0.385 e. The summed E-state index contributed by atoms with van der Waals surface area (Å²) in [4.78, 5) is 18.6. The van der Waals surface area contributed by atoms with Crippen LogP contribution in [-0.4, -0.2) is 49.4 Å². The van der Waals surface area contributed by atoms with Crippen LogP contribution in [0.4, 0.5) is 5.95 Å². The number of rotatable bonds is 4. The van der Waals surface area contributed by atoms with E-state index in [0.717, 1.165) is 0 Å². The highest BCUT2D eigenvalue weighted by Gasteiger charge is 2.56. The van der Waals surface area contributed by atoms with Gasteiger partial charge in [-0.15, -0.1) is 0 Å². The summed E-state index contributed by atoms with van der Waals surface area (Å²) >= 11 is 6.04. The number of H-pyrrole nitrogens is 1. The number of hydrogen-bond donors (Lipinski definition) is 4. The van der Waals surface area contributed by atoms with Gasteiger partial charge in [-0.25, -0.2) is 4.57 Å².